The maximum absolute atomic E-state index is 5.93. The molecule has 0 atom stereocenters. The molecule has 0 saturated carbocycles. The van der Waals surface area contributed by atoms with Gasteiger partial charge in [0.1, 0.15) is 0 Å². The maximum Gasteiger partial charge on any atom is 0.0600 e. The summed E-state index contributed by atoms with van der Waals surface area (Å²) in [6.07, 6.45) is 0. The van der Waals surface area contributed by atoms with Crippen LogP contribution in [-0.4, -0.2) is 12.0 Å². The van der Waals surface area contributed by atoms with Gasteiger partial charge in [0.25, 0.3) is 0 Å². The first kappa shape index (κ1) is 12.4. The number of rotatable bonds is 3. The summed E-state index contributed by atoms with van der Waals surface area (Å²) in [6.45, 7) is 4.80. The number of aromatic nitrogens is 1. The van der Waals surface area contributed by atoms with E-state index in [1.807, 2.05) is 51.2 Å². The SMILES string of the molecule is Cc1cccc(CN(C)c2ccc(C)c(N)c2)n1. The minimum absolute atomic E-state index is 0.782. The summed E-state index contributed by atoms with van der Waals surface area (Å²) >= 11 is 0. The molecule has 2 N–H and O–H groups in total. The molecule has 0 radical (unpaired) electrons. The maximum atomic E-state index is 5.93. The summed E-state index contributed by atoms with van der Waals surface area (Å²) in [5.41, 5.74) is 11.1. The van der Waals surface area contributed by atoms with Gasteiger partial charge in [0.2, 0.25) is 0 Å². The molecule has 3 heteroatoms. The zero-order valence-electron chi connectivity index (χ0n) is 11.1. The van der Waals surface area contributed by atoms with Crippen molar-refractivity contribution in [3.63, 3.8) is 0 Å². The van der Waals surface area contributed by atoms with Crippen LogP contribution in [0.3, 0.4) is 0 Å². The van der Waals surface area contributed by atoms with Crippen LogP contribution in [0.2, 0.25) is 0 Å². The number of nitrogens with zero attached hydrogens (tertiary/aromatic N) is 2. The van der Waals surface area contributed by atoms with Crippen molar-refractivity contribution in [3.05, 3.63) is 53.3 Å². The van der Waals surface area contributed by atoms with Gasteiger partial charge in [0.15, 0.2) is 0 Å². The van der Waals surface area contributed by atoms with Crippen molar-refractivity contribution in [3.8, 4) is 0 Å². The van der Waals surface area contributed by atoms with Gasteiger partial charge < -0.3 is 10.6 Å². The van der Waals surface area contributed by atoms with Crippen molar-refractivity contribution in [2.45, 2.75) is 20.4 Å². The molecule has 3 nitrogen and oxygen atoms in total. The van der Waals surface area contributed by atoms with E-state index in [9.17, 15) is 0 Å². The minimum atomic E-state index is 0.782. The topological polar surface area (TPSA) is 42.1 Å². The average molecular weight is 241 g/mol. The van der Waals surface area contributed by atoms with Crippen molar-refractivity contribution in [1.82, 2.24) is 4.98 Å². The summed E-state index contributed by atoms with van der Waals surface area (Å²) in [6, 6.07) is 12.2. The number of benzene rings is 1. The van der Waals surface area contributed by atoms with E-state index in [1.165, 1.54) is 0 Å². The lowest BCUT2D eigenvalue weighted by Gasteiger charge is -2.20. The molecular formula is C15H19N3. The lowest BCUT2D eigenvalue weighted by molar-refractivity contribution is 0.877. The van der Waals surface area contributed by atoms with E-state index >= 15 is 0 Å². The zero-order valence-corrected chi connectivity index (χ0v) is 11.1. The Balaban J connectivity index is 2.16. The van der Waals surface area contributed by atoms with E-state index in [1.54, 1.807) is 0 Å². The first-order valence-corrected chi connectivity index (χ1v) is 6.06. The molecule has 0 spiro atoms. The van der Waals surface area contributed by atoms with Gasteiger partial charge in [-0.15, -0.1) is 0 Å². The molecule has 0 bridgehead atoms. The Morgan fingerprint density at radius 3 is 2.61 bits per heavy atom. The molecule has 0 aliphatic rings. The van der Waals surface area contributed by atoms with Gasteiger partial charge in [-0.3, -0.25) is 4.98 Å². The van der Waals surface area contributed by atoms with Crippen LogP contribution in [-0.2, 0) is 6.54 Å². The second kappa shape index (κ2) is 5.08. The molecule has 0 unspecified atom stereocenters. The molecular weight excluding hydrogens is 222 g/mol. The van der Waals surface area contributed by atoms with Crippen LogP contribution < -0.4 is 10.6 Å². The van der Waals surface area contributed by atoms with Crippen LogP contribution in [0, 0.1) is 13.8 Å². The van der Waals surface area contributed by atoms with Crippen molar-refractivity contribution < 1.29 is 0 Å². The summed E-state index contributed by atoms with van der Waals surface area (Å²) in [5, 5.41) is 0. The molecule has 1 aromatic heterocycles. The third-order valence-electron chi connectivity index (χ3n) is 3.05. The molecule has 18 heavy (non-hydrogen) atoms. The second-order valence-electron chi connectivity index (χ2n) is 4.67. The van der Waals surface area contributed by atoms with Crippen LogP contribution in [0.5, 0.6) is 0 Å². The Labute approximate surface area is 108 Å². The Morgan fingerprint density at radius 1 is 1.17 bits per heavy atom. The fraction of sp³-hybridized carbons (Fsp3) is 0.267. The van der Waals surface area contributed by atoms with Crippen LogP contribution in [0.15, 0.2) is 36.4 Å². The molecule has 1 aromatic carbocycles. The third kappa shape index (κ3) is 2.80. The van der Waals surface area contributed by atoms with E-state index in [0.29, 0.717) is 0 Å². The quantitative estimate of drug-likeness (QED) is 0.840. The lowest BCUT2D eigenvalue weighted by Crippen LogP contribution is -2.17. The molecule has 0 aliphatic carbocycles. The third-order valence-corrected chi connectivity index (χ3v) is 3.05. The second-order valence-corrected chi connectivity index (χ2v) is 4.67. The molecule has 2 rings (SSSR count). The molecule has 2 aromatic rings. The molecule has 0 amide bonds. The number of anilines is 2. The van der Waals surface area contributed by atoms with E-state index in [2.05, 4.69) is 16.0 Å². The largest absolute Gasteiger partial charge is 0.398 e. The van der Waals surface area contributed by atoms with Crippen molar-refractivity contribution in [1.29, 1.82) is 0 Å². The highest BCUT2D eigenvalue weighted by molar-refractivity contribution is 5.59. The summed E-state index contributed by atoms with van der Waals surface area (Å²) < 4.78 is 0. The number of hydrogen-bond donors (Lipinski definition) is 1. The fourth-order valence-corrected chi connectivity index (χ4v) is 1.89. The summed E-state index contributed by atoms with van der Waals surface area (Å²) in [7, 11) is 2.05. The van der Waals surface area contributed by atoms with Crippen molar-refractivity contribution >= 4 is 11.4 Å². The number of nitrogen functional groups attached to an aromatic ring is 1. The standard InChI is InChI=1S/C15H19N3/c1-11-7-8-14(9-15(11)16)18(3)10-13-6-4-5-12(2)17-13/h4-9H,10,16H2,1-3H3. The van der Waals surface area contributed by atoms with Gasteiger partial charge in [-0.25, -0.2) is 0 Å². The predicted octanol–water partition coefficient (Wildman–Crippen LogP) is 2.92. The fourth-order valence-electron chi connectivity index (χ4n) is 1.89. The lowest BCUT2D eigenvalue weighted by atomic mass is 10.1. The smallest absolute Gasteiger partial charge is 0.0600 e. The number of pyridine rings is 1. The van der Waals surface area contributed by atoms with Gasteiger partial charge >= 0.3 is 0 Å². The van der Waals surface area contributed by atoms with Crippen LogP contribution in [0.4, 0.5) is 11.4 Å². The monoisotopic (exact) mass is 241 g/mol. The molecule has 0 saturated heterocycles. The van der Waals surface area contributed by atoms with E-state index < -0.39 is 0 Å². The zero-order chi connectivity index (χ0) is 13.1. The van der Waals surface area contributed by atoms with Gasteiger partial charge in [0, 0.05) is 24.1 Å². The van der Waals surface area contributed by atoms with E-state index in [0.717, 1.165) is 34.9 Å². The highest BCUT2D eigenvalue weighted by Gasteiger charge is 2.04. The summed E-state index contributed by atoms with van der Waals surface area (Å²) in [5.74, 6) is 0. The molecule has 94 valence electrons. The number of aryl methyl sites for hydroxylation is 2. The molecule has 1 heterocycles. The Morgan fingerprint density at radius 2 is 1.94 bits per heavy atom. The molecule has 0 fully saturated rings. The Kier molecular flexibility index (Phi) is 3.51. The van der Waals surface area contributed by atoms with Crippen LogP contribution in [0.1, 0.15) is 17.0 Å². The minimum Gasteiger partial charge on any atom is -0.398 e. The van der Waals surface area contributed by atoms with Gasteiger partial charge in [-0.05, 0) is 43.7 Å². The number of nitrogens with two attached hydrogens (primary N) is 1. The first-order valence-electron chi connectivity index (χ1n) is 6.06. The van der Waals surface area contributed by atoms with Crippen LogP contribution in [0.25, 0.3) is 0 Å². The Bertz CT molecular complexity index is 549. The Hall–Kier alpha value is -2.03. The summed E-state index contributed by atoms with van der Waals surface area (Å²) in [4.78, 5) is 6.66. The van der Waals surface area contributed by atoms with Crippen molar-refractivity contribution in [2.24, 2.45) is 0 Å². The van der Waals surface area contributed by atoms with Gasteiger partial charge in [0.05, 0.1) is 12.2 Å². The van der Waals surface area contributed by atoms with E-state index in [4.69, 9.17) is 5.73 Å². The average Bonchev–Trinajstić information content (AvgIpc) is 2.32. The highest BCUT2D eigenvalue weighted by Crippen LogP contribution is 2.21. The van der Waals surface area contributed by atoms with Crippen molar-refractivity contribution in [2.75, 3.05) is 17.7 Å². The van der Waals surface area contributed by atoms with E-state index in [-0.39, 0.29) is 0 Å². The number of hydrogen-bond acceptors (Lipinski definition) is 3. The normalized spacial score (nSPS) is 10.4. The van der Waals surface area contributed by atoms with Gasteiger partial charge in [-0.1, -0.05) is 12.1 Å². The van der Waals surface area contributed by atoms with Gasteiger partial charge in [-0.2, -0.15) is 0 Å². The predicted molar refractivity (Wildman–Crippen MR) is 76.7 cm³/mol. The first-order chi connectivity index (χ1) is 8.56. The molecule has 0 aliphatic heterocycles. The highest BCUT2D eigenvalue weighted by atomic mass is 15.1. The van der Waals surface area contributed by atoms with Crippen LogP contribution >= 0.6 is 0 Å².